The van der Waals surface area contributed by atoms with E-state index in [0.29, 0.717) is 0 Å². The Bertz CT molecular complexity index is 299. The van der Waals surface area contributed by atoms with Crippen molar-refractivity contribution in [2.75, 3.05) is 0 Å². The van der Waals surface area contributed by atoms with Gasteiger partial charge >= 0.3 is 0 Å². The zero-order valence-corrected chi connectivity index (χ0v) is 10.2. The van der Waals surface area contributed by atoms with Gasteiger partial charge in [-0.2, -0.15) is 0 Å². The van der Waals surface area contributed by atoms with Gasteiger partial charge in [-0.05, 0) is 36.3 Å². The Morgan fingerprint density at radius 1 is 1.40 bits per heavy atom. The Kier molecular flexibility index (Phi) is 3.81. The second-order valence-electron chi connectivity index (χ2n) is 4.69. The number of aliphatic hydroxyl groups excluding tert-OH is 1. The second-order valence-corrected chi connectivity index (χ2v) is 5.81. The first-order chi connectivity index (χ1) is 7.27. The molecule has 0 saturated heterocycles. The summed E-state index contributed by atoms with van der Waals surface area (Å²) in [7, 11) is 0. The summed E-state index contributed by atoms with van der Waals surface area (Å²) < 4.78 is 0. The Morgan fingerprint density at radius 2 is 2.13 bits per heavy atom. The summed E-state index contributed by atoms with van der Waals surface area (Å²) in [4.78, 5) is 1.28. The highest BCUT2D eigenvalue weighted by Crippen LogP contribution is 2.33. The Hall–Kier alpha value is -0.340. The SMILES string of the molecule is Cc1sccc1C(O)CC1CCCCC1. The molecule has 2 rings (SSSR count). The van der Waals surface area contributed by atoms with E-state index in [-0.39, 0.29) is 6.10 Å². The van der Waals surface area contributed by atoms with Gasteiger partial charge in [-0.25, -0.2) is 0 Å². The summed E-state index contributed by atoms with van der Waals surface area (Å²) in [6, 6.07) is 2.08. The average Bonchev–Trinajstić information content (AvgIpc) is 2.66. The van der Waals surface area contributed by atoms with Gasteiger partial charge in [0.05, 0.1) is 6.10 Å². The van der Waals surface area contributed by atoms with Crippen molar-refractivity contribution in [3.8, 4) is 0 Å². The topological polar surface area (TPSA) is 20.2 Å². The molecule has 1 unspecified atom stereocenters. The van der Waals surface area contributed by atoms with Crippen molar-refractivity contribution in [1.29, 1.82) is 0 Å². The van der Waals surface area contributed by atoms with E-state index in [0.717, 1.165) is 17.9 Å². The average molecular weight is 224 g/mol. The van der Waals surface area contributed by atoms with Crippen LogP contribution in [0.15, 0.2) is 11.4 Å². The lowest BCUT2D eigenvalue weighted by atomic mass is 9.84. The number of aliphatic hydroxyl groups is 1. The molecule has 1 aromatic rings. The maximum absolute atomic E-state index is 10.1. The van der Waals surface area contributed by atoms with Gasteiger partial charge in [0.25, 0.3) is 0 Å². The molecule has 2 heteroatoms. The summed E-state index contributed by atoms with van der Waals surface area (Å²) in [5, 5.41) is 12.2. The van der Waals surface area contributed by atoms with Crippen LogP contribution in [0.2, 0.25) is 0 Å². The number of rotatable bonds is 3. The predicted molar refractivity (Wildman–Crippen MR) is 65.2 cm³/mol. The summed E-state index contributed by atoms with van der Waals surface area (Å²) in [6.07, 6.45) is 7.50. The summed E-state index contributed by atoms with van der Waals surface area (Å²) in [6.45, 7) is 2.10. The van der Waals surface area contributed by atoms with Crippen molar-refractivity contribution in [1.82, 2.24) is 0 Å². The standard InChI is InChI=1S/C13H20OS/c1-10-12(7-8-15-10)13(14)9-11-5-3-2-4-6-11/h7-8,11,13-14H,2-6,9H2,1H3. The molecule has 1 fully saturated rings. The number of hydrogen-bond donors (Lipinski definition) is 1. The molecule has 1 aromatic heterocycles. The van der Waals surface area contributed by atoms with Crippen LogP contribution >= 0.6 is 11.3 Å². The van der Waals surface area contributed by atoms with Crippen LogP contribution in [0, 0.1) is 12.8 Å². The van der Waals surface area contributed by atoms with Gasteiger partial charge in [-0.15, -0.1) is 11.3 Å². The molecule has 84 valence electrons. The molecule has 1 aliphatic carbocycles. The number of aryl methyl sites for hydroxylation is 1. The molecule has 1 heterocycles. The number of thiophene rings is 1. The van der Waals surface area contributed by atoms with Crippen molar-refractivity contribution in [2.24, 2.45) is 5.92 Å². The Morgan fingerprint density at radius 3 is 2.73 bits per heavy atom. The summed E-state index contributed by atoms with van der Waals surface area (Å²) >= 11 is 1.73. The van der Waals surface area contributed by atoms with Crippen LogP contribution in [0.4, 0.5) is 0 Å². The maximum Gasteiger partial charge on any atom is 0.0803 e. The Balaban J connectivity index is 1.91. The van der Waals surface area contributed by atoms with Gasteiger partial charge in [0.1, 0.15) is 0 Å². The number of hydrogen-bond acceptors (Lipinski definition) is 2. The minimum absolute atomic E-state index is 0.223. The van der Waals surface area contributed by atoms with Crippen LogP contribution in [0.25, 0.3) is 0 Å². The monoisotopic (exact) mass is 224 g/mol. The first-order valence-corrected chi connectivity index (χ1v) is 6.87. The van der Waals surface area contributed by atoms with E-state index in [9.17, 15) is 5.11 Å². The molecule has 1 saturated carbocycles. The van der Waals surface area contributed by atoms with E-state index >= 15 is 0 Å². The summed E-state index contributed by atoms with van der Waals surface area (Å²) in [5.74, 6) is 0.757. The quantitative estimate of drug-likeness (QED) is 0.821. The van der Waals surface area contributed by atoms with Crippen molar-refractivity contribution in [2.45, 2.75) is 51.6 Å². The third-order valence-corrected chi connectivity index (χ3v) is 4.40. The molecule has 0 bridgehead atoms. The maximum atomic E-state index is 10.1. The van der Waals surface area contributed by atoms with E-state index in [2.05, 4.69) is 18.4 Å². The van der Waals surface area contributed by atoms with Crippen LogP contribution in [-0.4, -0.2) is 5.11 Å². The molecule has 0 spiro atoms. The van der Waals surface area contributed by atoms with Gasteiger partial charge < -0.3 is 5.11 Å². The van der Waals surface area contributed by atoms with Crippen molar-refractivity contribution < 1.29 is 5.11 Å². The van der Waals surface area contributed by atoms with Crippen molar-refractivity contribution >= 4 is 11.3 Å². The fraction of sp³-hybridized carbons (Fsp3) is 0.692. The molecule has 0 aromatic carbocycles. The van der Waals surface area contributed by atoms with E-state index in [4.69, 9.17) is 0 Å². The molecule has 15 heavy (non-hydrogen) atoms. The molecule has 1 aliphatic rings. The van der Waals surface area contributed by atoms with Gasteiger partial charge in [-0.3, -0.25) is 0 Å². The van der Waals surface area contributed by atoms with Crippen LogP contribution in [0.1, 0.15) is 55.1 Å². The molecule has 0 aliphatic heterocycles. The normalized spacial score (nSPS) is 20.4. The molecule has 0 amide bonds. The predicted octanol–water partition coefficient (Wildman–Crippen LogP) is 4.06. The lowest BCUT2D eigenvalue weighted by molar-refractivity contribution is 0.131. The van der Waals surface area contributed by atoms with E-state index in [1.165, 1.54) is 37.0 Å². The van der Waals surface area contributed by atoms with Gasteiger partial charge in [-0.1, -0.05) is 32.1 Å². The minimum atomic E-state index is -0.223. The molecular formula is C13H20OS. The van der Waals surface area contributed by atoms with Crippen LogP contribution in [0.5, 0.6) is 0 Å². The van der Waals surface area contributed by atoms with E-state index < -0.39 is 0 Å². The largest absolute Gasteiger partial charge is 0.388 e. The molecule has 1 N–H and O–H groups in total. The second kappa shape index (κ2) is 5.13. The fourth-order valence-corrected chi connectivity index (χ4v) is 3.36. The van der Waals surface area contributed by atoms with Crippen LogP contribution in [-0.2, 0) is 0 Å². The van der Waals surface area contributed by atoms with Crippen molar-refractivity contribution in [3.05, 3.63) is 21.9 Å². The fourth-order valence-electron chi connectivity index (χ4n) is 2.61. The lowest BCUT2D eigenvalue weighted by Crippen LogP contribution is -2.11. The van der Waals surface area contributed by atoms with E-state index in [1.54, 1.807) is 11.3 Å². The zero-order valence-electron chi connectivity index (χ0n) is 9.41. The van der Waals surface area contributed by atoms with Crippen LogP contribution < -0.4 is 0 Å². The molecular weight excluding hydrogens is 204 g/mol. The van der Waals surface area contributed by atoms with Gasteiger partial charge in [0, 0.05) is 4.88 Å². The van der Waals surface area contributed by atoms with Gasteiger partial charge in [0.15, 0.2) is 0 Å². The van der Waals surface area contributed by atoms with Gasteiger partial charge in [0.2, 0.25) is 0 Å². The first-order valence-electron chi connectivity index (χ1n) is 5.99. The highest BCUT2D eigenvalue weighted by molar-refractivity contribution is 7.10. The first kappa shape index (κ1) is 11.2. The highest BCUT2D eigenvalue weighted by atomic mass is 32.1. The molecule has 1 nitrogen and oxygen atoms in total. The van der Waals surface area contributed by atoms with E-state index in [1.807, 2.05) is 0 Å². The van der Waals surface area contributed by atoms with Crippen molar-refractivity contribution in [3.63, 3.8) is 0 Å². The smallest absolute Gasteiger partial charge is 0.0803 e. The molecule has 1 atom stereocenters. The van der Waals surface area contributed by atoms with Crippen LogP contribution in [0.3, 0.4) is 0 Å². The highest BCUT2D eigenvalue weighted by Gasteiger charge is 2.19. The third kappa shape index (κ3) is 2.82. The third-order valence-electron chi connectivity index (χ3n) is 3.54. The summed E-state index contributed by atoms with van der Waals surface area (Å²) in [5.41, 5.74) is 1.16. The molecule has 0 radical (unpaired) electrons. The Labute approximate surface area is 96.1 Å². The lowest BCUT2D eigenvalue weighted by Gasteiger charge is -2.24. The minimum Gasteiger partial charge on any atom is -0.388 e. The zero-order chi connectivity index (χ0) is 10.7.